The zero-order valence-electron chi connectivity index (χ0n) is 8.57. The summed E-state index contributed by atoms with van der Waals surface area (Å²) in [4.78, 5) is 0. The maximum Gasteiger partial charge on any atom is 0.161 e. The van der Waals surface area contributed by atoms with E-state index in [0.29, 0.717) is 11.5 Å². The van der Waals surface area contributed by atoms with Crippen LogP contribution in [0.15, 0.2) is 23.3 Å². The monoisotopic (exact) mass is 194 g/mol. The first kappa shape index (κ1) is 10.4. The number of nitrogens with zero attached hydrogens (tertiary/aromatic N) is 1. The summed E-state index contributed by atoms with van der Waals surface area (Å²) < 4.78 is 10.3. The van der Waals surface area contributed by atoms with Gasteiger partial charge in [0.2, 0.25) is 0 Å². The Hall–Kier alpha value is -1.71. The Morgan fingerprint density at radius 1 is 1.21 bits per heavy atom. The molecule has 1 rings (SSSR count). The molecule has 0 aromatic heterocycles. The zero-order chi connectivity index (χ0) is 10.4. The molecule has 1 N–H and O–H groups in total. The van der Waals surface area contributed by atoms with Crippen LogP contribution in [-0.2, 0) is 0 Å². The number of methoxy groups -OCH3 is 2. The molecular formula is C10H14N2O2. The third-order valence-electron chi connectivity index (χ3n) is 1.75. The Labute approximate surface area is 83.5 Å². The molecule has 0 atom stereocenters. The van der Waals surface area contributed by atoms with E-state index in [4.69, 9.17) is 9.47 Å². The summed E-state index contributed by atoms with van der Waals surface area (Å²) in [6, 6.07) is 5.61. The second kappa shape index (κ2) is 5.11. The molecule has 0 radical (unpaired) electrons. The molecule has 1 aromatic rings. The lowest BCUT2D eigenvalue weighted by molar-refractivity contribution is 0.355. The molecule has 0 bridgehead atoms. The van der Waals surface area contributed by atoms with Crippen LogP contribution >= 0.6 is 0 Å². The van der Waals surface area contributed by atoms with E-state index in [-0.39, 0.29) is 0 Å². The van der Waals surface area contributed by atoms with Crippen molar-refractivity contribution in [3.8, 4) is 11.5 Å². The lowest BCUT2D eigenvalue weighted by Crippen LogP contribution is -1.96. The van der Waals surface area contributed by atoms with Crippen molar-refractivity contribution in [2.24, 2.45) is 5.10 Å². The summed E-state index contributed by atoms with van der Waals surface area (Å²) in [7, 11) is 4.97. The molecule has 0 aliphatic rings. The van der Waals surface area contributed by atoms with Gasteiger partial charge in [0.25, 0.3) is 0 Å². The Kier molecular flexibility index (Phi) is 3.79. The normalized spacial score (nSPS) is 10.2. The lowest BCUT2D eigenvalue weighted by atomic mass is 10.2. The van der Waals surface area contributed by atoms with E-state index in [2.05, 4.69) is 10.5 Å². The summed E-state index contributed by atoms with van der Waals surface area (Å²) in [5.41, 5.74) is 3.64. The van der Waals surface area contributed by atoms with Gasteiger partial charge in [0, 0.05) is 7.05 Å². The fourth-order valence-electron chi connectivity index (χ4n) is 1.07. The molecule has 76 valence electrons. The van der Waals surface area contributed by atoms with Crippen LogP contribution in [-0.4, -0.2) is 27.5 Å². The Morgan fingerprint density at radius 2 is 1.93 bits per heavy atom. The molecule has 4 nitrogen and oxygen atoms in total. The van der Waals surface area contributed by atoms with Crippen molar-refractivity contribution >= 4 is 6.21 Å². The first-order valence-corrected chi connectivity index (χ1v) is 4.23. The summed E-state index contributed by atoms with van der Waals surface area (Å²) in [5.74, 6) is 1.42. The topological polar surface area (TPSA) is 42.9 Å². The molecule has 0 saturated heterocycles. The predicted octanol–water partition coefficient (Wildman–Crippen LogP) is 1.26. The van der Waals surface area contributed by atoms with Crippen LogP contribution in [0.3, 0.4) is 0 Å². The third kappa shape index (κ3) is 2.39. The number of hydrogen-bond donors (Lipinski definition) is 1. The minimum absolute atomic E-state index is 0.701. The van der Waals surface area contributed by atoms with Gasteiger partial charge in [-0.1, -0.05) is 0 Å². The Balaban J connectivity index is 2.95. The number of hydrogen-bond acceptors (Lipinski definition) is 4. The molecule has 14 heavy (non-hydrogen) atoms. The van der Waals surface area contributed by atoms with Crippen LogP contribution < -0.4 is 14.9 Å². The van der Waals surface area contributed by atoms with Crippen LogP contribution in [0.2, 0.25) is 0 Å². The van der Waals surface area contributed by atoms with Crippen LogP contribution in [0.4, 0.5) is 0 Å². The number of rotatable bonds is 4. The maximum absolute atomic E-state index is 5.15. The highest BCUT2D eigenvalue weighted by Gasteiger charge is 2.02. The van der Waals surface area contributed by atoms with E-state index < -0.39 is 0 Å². The standard InChI is InChI=1S/C10H14N2O2/c1-11-12-7-8-4-5-9(13-2)10(6-8)14-3/h4-7,11H,1-3H3/b12-7-. The Morgan fingerprint density at radius 3 is 2.50 bits per heavy atom. The molecule has 4 heteroatoms. The van der Waals surface area contributed by atoms with Crippen LogP contribution in [0.5, 0.6) is 11.5 Å². The number of hydrazone groups is 1. The van der Waals surface area contributed by atoms with Crippen molar-refractivity contribution in [3.05, 3.63) is 23.8 Å². The van der Waals surface area contributed by atoms with Gasteiger partial charge in [0.15, 0.2) is 11.5 Å². The van der Waals surface area contributed by atoms with Gasteiger partial charge in [-0.05, 0) is 23.8 Å². The third-order valence-corrected chi connectivity index (χ3v) is 1.75. The van der Waals surface area contributed by atoms with Crippen molar-refractivity contribution in [2.45, 2.75) is 0 Å². The van der Waals surface area contributed by atoms with Gasteiger partial charge in [-0.15, -0.1) is 0 Å². The fourth-order valence-corrected chi connectivity index (χ4v) is 1.07. The molecule has 0 unspecified atom stereocenters. The molecule has 0 aliphatic heterocycles. The van der Waals surface area contributed by atoms with E-state index >= 15 is 0 Å². The quantitative estimate of drug-likeness (QED) is 0.579. The molecule has 0 amide bonds. The van der Waals surface area contributed by atoms with Gasteiger partial charge in [0.1, 0.15) is 0 Å². The number of nitrogens with one attached hydrogen (secondary N) is 1. The second-order valence-electron chi connectivity index (χ2n) is 2.60. The zero-order valence-corrected chi connectivity index (χ0v) is 8.57. The predicted molar refractivity (Wildman–Crippen MR) is 56.2 cm³/mol. The van der Waals surface area contributed by atoms with E-state index in [1.54, 1.807) is 27.5 Å². The van der Waals surface area contributed by atoms with E-state index in [1.807, 2.05) is 18.2 Å². The van der Waals surface area contributed by atoms with Gasteiger partial charge in [-0.3, -0.25) is 0 Å². The van der Waals surface area contributed by atoms with Crippen LogP contribution in [0.25, 0.3) is 0 Å². The van der Waals surface area contributed by atoms with Gasteiger partial charge in [-0.2, -0.15) is 5.10 Å². The average Bonchev–Trinajstić information content (AvgIpc) is 2.25. The van der Waals surface area contributed by atoms with Crippen molar-refractivity contribution < 1.29 is 9.47 Å². The van der Waals surface area contributed by atoms with Gasteiger partial charge in [-0.25, -0.2) is 0 Å². The van der Waals surface area contributed by atoms with E-state index in [9.17, 15) is 0 Å². The van der Waals surface area contributed by atoms with Gasteiger partial charge in [0.05, 0.1) is 20.4 Å². The summed E-state index contributed by atoms with van der Waals surface area (Å²) >= 11 is 0. The summed E-state index contributed by atoms with van der Waals surface area (Å²) in [6.07, 6.45) is 1.71. The van der Waals surface area contributed by atoms with Crippen LogP contribution in [0.1, 0.15) is 5.56 Å². The van der Waals surface area contributed by atoms with Crippen molar-refractivity contribution in [1.82, 2.24) is 5.43 Å². The smallest absolute Gasteiger partial charge is 0.161 e. The largest absolute Gasteiger partial charge is 0.493 e. The summed E-state index contributed by atoms with van der Waals surface area (Å²) in [5, 5.41) is 3.90. The summed E-state index contributed by atoms with van der Waals surface area (Å²) in [6.45, 7) is 0. The highest BCUT2D eigenvalue weighted by molar-refractivity contribution is 5.80. The fraction of sp³-hybridized carbons (Fsp3) is 0.300. The minimum atomic E-state index is 0.701. The molecule has 0 saturated carbocycles. The molecular weight excluding hydrogens is 180 g/mol. The van der Waals surface area contributed by atoms with Crippen molar-refractivity contribution in [2.75, 3.05) is 21.3 Å². The van der Waals surface area contributed by atoms with Gasteiger partial charge < -0.3 is 14.9 Å². The van der Waals surface area contributed by atoms with Crippen molar-refractivity contribution in [3.63, 3.8) is 0 Å². The molecule has 0 fully saturated rings. The molecule has 0 heterocycles. The number of benzene rings is 1. The average molecular weight is 194 g/mol. The van der Waals surface area contributed by atoms with Crippen LogP contribution in [0, 0.1) is 0 Å². The number of ether oxygens (including phenoxy) is 2. The maximum atomic E-state index is 5.15. The SMILES string of the molecule is CN/N=C\c1ccc(OC)c(OC)c1. The first-order chi connectivity index (χ1) is 6.81. The van der Waals surface area contributed by atoms with E-state index in [1.165, 1.54) is 0 Å². The Bertz CT molecular complexity index is 324. The molecule has 0 spiro atoms. The van der Waals surface area contributed by atoms with Crippen molar-refractivity contribution in [1.29, 1.82) is 0 Å². The highest BCUT2D eigenvalue weighted by atomic mass is 16.5. The lowest BCUT2D eigenvalue weighted by Gasteiger charge is -2.07. The first-order valence-electron chi connectivity index (χ1n) is 4.23. The van der Waals surface area contributed by atoms with Gasteiger partial charge >= 0.3 is 0 Å². The minimum Gasteiger partial charge on any atom is -0.493 e. The highest BCUT2D eigenvalue weighted by Crippen LogP contribution is 2.26. The molecule has 0 aliphatic carbocycles. The molecule has 1 aromatic carbocycles. The second-order valence-corrected chi connectivity index (χ2v) is 2.60. The van der Waals surface area contributed by atoms with E-state index in [0.717, 1.165) is 5.56 Å².